The lowest BCUT2D eigenvalue weighted by atomic mass is 10.1. The van der Waals surface area contributed by atoms with E-state index in [2.05, 4.69) is 16.8 Å². The molecule has 0 aromatic heterocycles. The maximum Gasteiger partial charge on any atom is 0.254 e. The molecule has 29 heavy (non-hydrogen) atoms. The first-order chi connectivity index (χ1) is 13.9. The molecule has 7 heteroatoms. The summed E-state index contributed by atoms with van der Waals surface area (Å²) >= 11 is 12.1. The summed E-state index contributed by atoms with van der Waals surface area (Å²) in [5.74, 6) is -0.390. The van der Waals surface area contributed by atoms with Crippen molar-refractivity contribution in [2.45, 2.75) is 6.42 Å². The molecular weight excluding hydrogens is 412 g/mol. The Labute approximate surface area is 180 Å². The van der Waals surface area contributed by atoms with Crippen LogP contribution in [-0.2, 0) is 4.79 Å². The third-order valence-corrected chi connectivity index (χ3v) is 6.24. The van der Waals surface area contributed by atoms with Crippen LogP contribution in [0, 0.1) is 5.82 Å². The summed E-state index contributed by atoms with van der Waals surface area (Å²) in [5.41, 5.74) is 3.09. The van der Waals surface area contributed by atoms with Gasteiger partial charge in [0.05, 0.1) is 10.0 Å². The summed E-state index contributed by atoms with van der Waals surface area (Å²) in [5, 5.41) is 0.867. The number of anilines is 2. The highest BCUT2D eigenvalue weighted by Crippen LogP contribution is 2.33. The molecule has 0 bridgehead atoms. The monoisotopic (exact) mass is 433 g/mol. The van der Waals surface area contributed by atoms with Gasteiger partial charge in [-0.15, -0.1) is 0 Å². The number of likely N-dealkylation sites (N-methyl/N-ethyl adjacent to an activating group) is 1. The second-order valence-corrected chi connectivity index (χ2v) is 8.28. The Kier molecular flexibility index (Phi) is 5.81. The topological polar surface area (TPSA) is 26.8 Å². The average molecular weight is 434 g/mol. The maximum absolute atomic E-state index is 14.0. The van der Waals surface area contributed by atoms with Crippen LogP contribution in [0.3, 0.4) is 0 Å². The van der Waals surface area contributed by atoms with Crippen molar-refractivity contribution in [1.29, 1.82) is 0 Å². The molecule has 2 heterocycles. The van der Waals surface area contributed by atoms with Crippen molar-refractivity contribution in [2.24, 2.45) is 0 Å². The van der Waals surface area contributed by atoms with Gasteiger partial charge in [-0.25, -0.2) is 4.39 Å². The fraction of sp³-hybridized carbons (Fsp3) is 0.318. The van der Waals surface area contributed by atoms with Gasteiger partial charge in [0.25, 0.3) is 5.91 Å². The van der Waals surface area contributed by atoms with Gasteiger partial charge in [0, 0.05) is 55.2 Å². The first kappa shape index (κ1) is 20.2. The van der Waals surface area contributed by atoms with Gasteiger partial charge in [0.15, 0.2) is 0 Å². The first-order valence-electron chi connectivity index (χ1n) is 9.63. The van der Waals surface area contributed by atoms with E-state index in [0.717, 1.165) is 37.4 Å². The van der Waals surface area contributed by atoms with E-state index in [9.17, 15) is 9.18 Å². The summed E-state index contributed by atoms with van der Waals surface area (Å²) in [7, 11) is 2.10. The number of halogens is 3. The van der Waals surface area contributed by atoms with Crippen LogP contribution in [-0.4, -0.2) is 50.6 Å². The lowest BCUT2D eigenvalue weighted by molar-refractivity contribution is -0.114. The van der Waals surface area contributed by atoms with Crippen molar-refractivity contribution < 1.29 is 9.18 Å². The fourth-order valence-electron chi connectivity index (χ4n) is 3.81. The maximum atomic E-state index is 14.0. The van der Waals surface area contributed by atoms with Gasteiger partial charge < -0.3 is 14.7 Å². The van der Waals surface area contributed by atoms with Gasteiger partial charge >= 0.3 is 0 Å². The van der Waals surface area contributed by atoms with Crippen molar-refractivity contribution in [3.05, 3.63) is 63.4 Å². The molecule has 2 saturated heterocycles. The van der Waals surface area contributed by atoms with Crippen LogP contribution < -0.4 is 9.80 Å². The van der Waals surface area contributed by atoms with E-state index >= 15 is 0 Å². The molecule has 0 radical (unpaired) electrons. The summed E-state index contributed by atoms with van der Waals surface area (Å²) < 4.78 is 14.0. The highest BCUT2D eigenvalue weighted by molar-refractivity contribution is 6.42. The molecule has 2 aromatic carbocycles. The smallest absolute Gasteiger partial charge is 0.254 e. The number of benzene rings is 2. The van der Waals surface area contributed by atoms with E-state index in [4.69, 9.17) is 23.2 Å². The van der Waals surface area contributed by atoms with Crippen molar-refractivity contribution in [2.75, 3.05) is 49.6 Å². The standard InChI is InChI=1S/C22H22Cl2FN3O/c1-26-8-10-27(11-9-26)21-5-2-17(25)13-16(21)12-15-6-7-28(22(15)29)18-3-4-19(23)20(24)14-18/h2-5,12-14H,6-11H2,1H3/b15-12+. The Balaban J connectivity index is 1.62. The Morgan fingerprint density at radius 1 is 0.966 bits per heavy atom. The summed E-state index contributed by atoms with van der Waals surface area (Å²) in [6, 6.07) is 9.97. The van der Waals surface area contributed by atoms with E-state index in [0.29, 0.717) is 34.3 Å². The Bertz CT molecular complexity index is 971. The van der Waals surface area contributed by atoms with Crippen LogP contribution in [0.25, 0.3) is 6.08 Å². The summed E-state index contributed by atoms with van der Waals surface area (Å²) in [4.78, 5) is 19.2. The molecule has 152 valence electrons. The van der Waals surface area contributed by atoms with E-state index in [1.807, 2.05) is 12.1 Å². The van der Waals surface area contributed by atoms with Crippen LogP contribution in [0.5, 0.6) is 0 Å². The zero-order valence-corrected chi connectivity index (χ0v) is 17.7. The van der Waals surface area contributed by atoms with Gasteiger partial charge in [0.2, 0.25) is 0 Å². The SMILES string of the molecule is CN1CCN(c2ccc(F)cc2/C=C2\CCN(c3ccc(Cl)c(Cl)c3)C2=O)CC1. The molecule has 1 amide bonds. The number of hydrogen-bond donors (Lipinski definition) is 0. The van der Waals surface area contributed by atoms with Crippen LogP contribution >= 0.6 is 23.2 Å². The molecule has 0 spiro atoms. The molecule has 2 aliphatic rings. The third-order valence-electron chi connectivity index (χ3n) is 5.50. The van der Waals surface area contributed by atoms with Gasteiger partial charge in [-0.3, -0.25) is 4.79 Å². The minimum atomic E-state index is -0.304. The number of amides is 1. The number of carbonyl (C=O) groups is 1. The highest BCUT2D eigenvalue weighted by atomic mass is 35.5. The largest absolute Gasteiger partial charge is 0.368 e. The molecule has 0 atom stereocenters. The van der Waals surface area contributed by atoms with Crippen molar-refractivity contribution >= 4 is 46.6 Å². The summed E-state index contributed by atoms with van der Waals surface area (Å²) in [6.45, 7) is 4.22. The molecule has 0 N–H and O–H groups in total. The van der Waals surface area contributed by atoms with E-state index in [1.54, 1.807) is 23.1 Å². The number of rotatable bonds is 3. The molecular formula is C22H22Cl2FN3O. The van der Waals surface area contributed by atoms with Gasteiger partial charge in [-0.05, 0) is 55.9 Å². The second-order valence-electron chi connectivity index (χ2n) is 7.47. The van der Waals surface area contributed by atoms with E-state index in [-0.39, 0.29) is 11.7 Å². The molecule has 2 fully saturated rings. The van der Waals surface area contributed by atoms with Gasteiger partial charge in [-0.1, -0.05) is 23.2 Å². The van der Waals surface area contributed by atoms with Crippen LogP contribution in [0.1, 0.15) is 12.0 Å². The summed E-state index contributed by atoms with van der Waals surface area (Å²) in [6.07, 6.45) is 2.42. The highest BCUT2D eigenvalue weighted by Gasteiger charge is 2.28. The molecule has 0 aliphatic carbocycles. The lowest BCUT2D eigenvalue weighted by Crippen LogP contribution is -2.44. The Morgan fingerprint density at radius 2 is 1.72 bits per heavy atom. The number of nitrogens with zero attached hydrogens (tertiary/aromatic N) is 3. The van der Waals surface area contributed by atoms with Crippen molar-refractivity contribution in [3.8, 4) is 0 Å². The number of hydrogen-bond acceptors (Lipinski definition) is 3. The molecule has 0 unspecified atom stereocenters. The minimum absolute atomic E-state index is 0.0861. The zero-order chi connectivity index (χ0) is 20.5. The fourth-order valence-corrected chi connectivity index (χ4v) is 4.10. The van der Waals surface area contributed by atoms with Crippen molar-refractivity contribution in [3.63, 3.8) is 0 Å². The molecule has 2 aromatic rings. The number of piperazine rings is 1. The zero-order valence-electron chi connectivity index (χ0n) is 16.2. The van der Waals surface area contributed by atoms with Crippen LogP contribution in [0.15, 0.2) is 42.0 Å². The number of carbonyl (C=O) groups excluding carboxylic acids is 1. The van der Waals surface area contributed by atoms with Gasteiger partial charge in [0.1, 0.15) is 5.82 Å². The second kappa shape index (κ2) is 8.34. The van der Waals surface area contributed by atoms with E-state index in [1.165, 1.54) is 12.1 Å². The first-order valence-corrected chi connectivity index (χ1v) is 10.4. The Morgan fingerprint density at radius 3 is 2.45 bits per heavy atom. The van der Waals surface area contributed by atoms with Crippen molar-refractivity contribution in [1.82, 2.24) is 4.90 Å². The quantitative estimate of drug-likeness (QED) is 0.655. The molecule has 0 saturated carbocycles. The minimum Gasteiger partial charge on any atom is -0.368 e. The molecule has 2 aliphatic heterocycles. The average Bonchev–Trinajstić information content (AvgIpc) is 3.05. The molecule has 4 rings (SSSR count). The predicted octanol–water partition coefficient (Wildman–Crippen LogP) is 4.70. The van der Waals surface area contributed by atoms with Crippen LogP contribution in [0.4, 0.5) is 15.8 Å². The normalized spacial score (nSPS) is 19.4. The lowest BCUT2D eigenvalue weighted by Gasteiger charge is -2.35. The van der Waals surface area contributed by atoms with E-state index < -0.39 is 0 Å². The molecule has 4 nitrogen and oxygen atoms in total. The predicted molar refractivity (Wildman–Crippen MR) is 118 cm³/mol. The Hall–Kier alpha value is -2.08. The third kappa shape index (κ3) is 4.27. The van der Waals surface area contributed by atoms with Gasteiger partial charge in [-0.2, -0.15) is 0 Å². The van der Waals surface area contributed by atoms with Crippen LogP contribution in [0.2, 0.25) is 10.0 Å².